The molecule has 0 saturated heterocycles. The molecule has 0 radical (unpaired) electrons. The minimum Gasteiger partial charge on any atom is -0.327 e. The van der Waals surface area contributed by atoms with Crippen molar-refractivity contribution in [3.8, 4) is 0 Å². The summed E-state index contributed by atoms with van der Waals surface area (Å²) in [4.78, 5) is 0. The fourth-order valence-corrected chi connectivity index (χ4v) is 1.75. The summed E-state index contributed by atoms with van der Waals surface area (Å²) in [5.41, 5.74) is 5.72. The maximum Gasteiger partial charge on any atom is 0.00700 e. The van der Waals surface area contributed by atoms with Crippen LogP contribution in [0.2, 0.25) is 0 Å². The minimum absolute atomic E-state index is 0.588. The highest BCUT2D eigenvalue weighted by molar-refractivity contribution is 4.99. The second-order valence-corrected chi connectivity index (χ2v) is 2.90. The van der Waals surface area contributed by atoms with Crippen LogP contribution in [-0.2, 0) is 0 Å². The maximum atomic E-state index is 5.72. The Morgan fingerprint density at radius 2 is 2.14 bits per heavy atom. The number of nitrogens with two attached hydrogens (primary N) is 1. The first kappa shape index (κ1) is 3.90. The molecule has 1 nitrogen and oxygen atoms in total. The van der Waals surface area contributed by atoms with Gasteiger partial charge in [0.15, 0.2) is 0 Å². The van der Waals surface area contributed by atoms with Crippen molar-refractivity contribution in [2.75, 3.05) is 0 Å². The van der Waals surface area contributed by atoms with Crippen molar-refractivity contribution in [1.29, 1.82) is 0 Å². The highest BCUT2D eigenvalue weighted by Crippen LogP contribution is 2.50. The second-order valence-electron chi connectivity index (χ2n) is 2.90. The average molecular weight is 97.2 g/mol. The van der Waals surface area contributed by atoms with E-state index in [2.05, 4.69) is 0 Å². The molecule has 2 N–H and O–H groups in total. The minimum atomic E-state index is 0.588. The molecular weight excluding hydrogens is 86.1 g/mol. The van der Waals surface area contributed by atoms with Crippen LogP contribution in [0.1, 0.15) is 19.3 Å². The van der Waals surface area contributed by atoms with E-state index in [9.17, 15) is 0 Å². The third kappa shape index (κ3) is 0.418. The molecule has 2 rings (SSSR count). The summed E-state index contributed by atoms with van der Waals surface area (Å²) in [5, 5.41) is 0. The van der Waals surface area contributed by atoms with E-state index in [4.69, 9.17) is 5.73 Å². The number of hydrogen-bond donors (Lipinski definition) is 1. The highest BCUT2D eigenvalue weighted by atomic mass is 14.7. The van der Waals surface area contributed by atoms with Gasteiger partial charge in [0.25, 0.3) is 0 Å². The molecule has 2 saturated carbocycles. The van der Waals surface area contributed by atoms with Crippen molar-refractivity contribution >= 4 is 0 Å². The van der Waals surface area contributed by atoms with Crippen molar-refractivity contribution < 1.29 is 0 Å². The Kier molecular flexibility index (Phi) is 0.571. The summed E-state index contributed by atoms with van der Waals surface area (Å²) >= 11 is 0. The Bertz CT molecular complexity index is 90.2. The number of fused-ring (bicyclic) bond motifs is 1. The lowest BCUT2D eigenvalue weighted by Crippen LogP contribution is -2.18. The normalized spacial score (nSPS) is 57.0. The predicted molar refractivity (Wildman–Crippen MR) is 28.8 cm³/mol. The lowest BCUT2D eigenvalue weighted by Gasteiger charge is -1.99. The van der Waals surface area contributed by atoms with Gasteiger partial charge in [-0.25, -0.2) is 0 Å². The SMILES string of the molecule is N[C@@H]1CC[C@@H]2C[C@H]21. The van der Waals surface area contributed by atoms with Crippen molar-refractivity contribution in [3.63, 3.8) is 0 Å². The third-order valence-electron chi connectivity index (χ3n) is 2.40. The summed E-state index contributed by atoms with van der Waals surface area (Å²) in [5.74, 6) is 2.02. The van der Waals surface area contributed by atoms with E-state index in [1.54, 1.807) is 0 Å². The van der Waals surface area contributed by atoms with Gasteiger partial charge in [0.05, 0.1) is 0 Å². The molecule has 0 heterocycles. The Hall–Kier alpha value is -0.0400. The van der Waals surface area contributed by atoms with E-state index in [-0.39, 0.29) is 0 Å². The number of rotatable bonds is 0. The van der Waals surface area contributed by atoms with Gasteiger partial charge in [0, 0.05) is 6.04 Å². The van der Waals surface area contributed by atoms with Crippen LogP contribution >= 0.6 is 0 Å². The molecule has 2 fully saturated rings. The van der Waals surface area contributed by atoms with Gasteiger partial charge in [0.1, 0.15) is 0 Å². The first-order valence-electron chi connectivity index (χ1n) is 3.13. The van der Waals surface area contributed by atoms with Gasteiger partial charge in [-0.1, -0.05) is 0 Å². The van der Waals surface area contributed by atoms with E-state index in [0.717, 1.165) is 11.8 Å². The zero-order valence-corrected chi connectivity index (χ0v) is 4.43. The van der Waals surface area contributed by atoms with E-state index < -0.39 is 0 Å². The molecule has 40 valence electrons. The monoisotopic (exact) mass is 97.1 g/mol. The van der Waals surface area contributed by atoms with Crippen molar-refractivity contribution in [2.24, 2.45) is 17.6 Å². The molecule has 0 aromatic rings. The fraction of sp³-hybridized carbons (Fsp3) is 1.00. The maximum absolute atomic E-state index is 5.72. The van der Waals surface area contributed by atoms with Crippen LogP contribution in [-0.4, -0.2) is 6.04 Å². The quantitative estimate of drug-likeness (QED) is 0.474. The van der Waals surface area contributed by atoms with Crippen LogP contribution in [0.3, 0.4) is 0 Å². The molecule has 2 aliphatic rings. The molecule has 0 unspecified atom stereocenters. The summed E-state index contributed by atoms with van der Waals surface area (Å²) in [6, 6.07) is 0.588. The lowest BCUT2D eigenvalue weighted by atomic mass is 10.2. The smallest absolute Gasteiger partial charge is 0.00700 e. The first-order chi connectivity index (χ1) is 3.38. The largest absolute Gasteiger partial charge is 0.327 e. The molecule has 0 amide bonds. The average Bonchev–Trinajstić information content (AvgIpc) is 2.33. The highest BCUT2D eigenvalue weighted by Gasteiger charge is 2.45. The van der Waals surface area contributed by atoms with E-state index in [0.29, 0.717) is 6.04 Å². The van der Waals surface area contributed by atoms with E-state index >= 15 is 0 Å². The van der Waals surface area contributed by atoms with Crippen molar-refractivity contribution in [2.45, 2.75) is 25.3 Å². The van der Waals surface area contributed by atoms with Crippen LogP contribution in [0.4, 0.5) is 0 Å². The summed E-state index contributed by atoms with van der Waals surface area (Å²) in [6.07, 6.45) is 4.17. The van der Waals surface area contributed by atoms with Crippen molar-refractivity contribution in [3.05, 3.63) is 0 Å². The third-order valence-corrected chi connectivity index (χ3v) is 2.40. The molecule has 2 aliphatic carbocycles. The number of hydrogen-bond acceptors (Lipinski definition) is 1. The zero-order valence-electron chi connectivity index (χ0n) is 4.43. The Labute approximate surface area is 43.9 Å². The van der Waals surface area contributed by atoms with Gasteiger partial charge < -0.3 is 5.73 Å². The fourth-order valence-electron chi connectivity index (χ4n) is 1.75. The summed E-state index contributed by atoms with van der Waals surface area (Å²) in [6.45, 7) is 0. The molecule has 3 atom stereocenters. The van der Waals surface area contributed by atoms with Crippen LogP contribution in [0.15, 0.2) is 0 Å². The molecule has 1 heteroatoms. The van der Waals surface area contributed by atoms with Crippen LogP contribution < -0.4 is 5.73 Å². The Balaban J connectivity index is 2.08. The lowest BCUT2D eigenvalue weighted by molar-refractivity contribution is 0.614. The van der Waals surface area contributed by atoms with E-state index in [1.165, 1.54) is 19.3 Å². The topological polar surface area (TPSA) is 26.0 Å². The van der Waals surface area contributed by atoms with Gasteiger partial charge in [0.2, 0.25) is 0 Å². The summed E-state index contributed by atoms with van der Waals surface area (Å²) < 4.78 is 0. The van der Waals surface area contributed by atoms with Gasteiger partial charge in [-0.3, -0.25) is 0 Å². The standard InChI is InChI=1S/C6H11N/c7-6-2-1-4-3-5(4)6/h4-6H,1-3,7H2/t4-,5-,6-/m1/s1. The molecule has 0 bridgehead atoms. The Morgan fingerprint density at radius 1 is 1.29 bits per heavy atom. The second kappa shape index (κ2) is 1.03. The van der Waals surface area contributed by atoms with Crippen LogP contribution in [0.25, 0.3) is 0 Å². The van der Waals surface area contributed by atoms with Crippen LogP contribution in [0, 0.1) is 11.8 Å². The van der Waals surface area contributed by atoms with Gasteiger partial charge in [-0.05, 0) is 31.1 Å². The van der Waals surface area contributed by atoms with Crippen molar-refractivity contribution in [1.82, 2.24) is 0 Å². The first-order valence-corrected chi connectivity index (χ1v) is 3.13. The van der Waals surface area contributed by atoms with Gasteiger partial charge >= 0.3 is 0 Å². The van der Waals surface area contributed by atoms with E-state index in [1.807, 2.05) is 0 Å². The molecule has 0 aromatic heterocycles. The van der Waals surface area contributed by atoms with Gasteiger partial charge in [-0.2, -0.15) is 0 Å². The Morgan fingerprint density at radius 3 is 2.29 bits per heavy atom. The zero-order chi connectivity index (χ0) is 4.85. The predicted octanol–water partition coefficient (Wildman–Crippen LogP) is 0.744. The molecular formula is C6H11N. The molecule has 0 aromatic carbocycles. The molecule has 0 spiro atoms. The van der Waals surface area contributed by atoms with Gasteiger partial charge in [-0.15, -0.1) is 0 Å². The summed E-state index contributed by atoms with van der Waals surface area (Å²) in [7, 11) is 0. The van der Waals surface area contributed by atoms with Crippen LogP contribution in [0.5, 0.6) is 0 Å². The molecule has 0 aliphatic heterocycles. The molecule has 7 heavy (non-hydrogen) atoms.